The Balaban J connectivity index is 2.06. The molecule has 114 valence electrons. The Kier molecular flexibility index (Phi) is 5.99. The summed E-state index contributed by atoms with van der Waals surface area (Å²) in [5.41, 5.74) is 6.26. The third-order valence-electron chi connectivity index (χ3n) is 3.98. The van der Waals surface area contributed by atoms with Gasteiger partial charge in [0.1, 0.15) is 0 Å². The molecule has 0 amide bonds. The van der Waals surface area contributed by atoms with Crippen LogP contribution in [-0.2, 0) is 0 Å². The maximum atomic E-state index is 9.08. The van der Waals surface area contributed by atoms with Gasteiger partial charge in [-0.1, -0.05) is 0 Å². The highest BCUT2D eigenvalue weighted by Crippen LogP contribution is 2.30. The summed E-state index contributed by atoms with van der Waals surface area (Å²) in [6.45, 7) is 9.51. The fourth-order valence-corrected chi connectivity index (χ4v) is 4.15. The predicted molar refractivity (Wildman–Crippen MR) is 85.2 cm³/mol. The molecule has 2 rings (SSSR count). The lowest BCUT2D eigenvalue weighted by Crippen LogP contribution is -2.41. The van der Waals surface area contributed by atoms with Gasteiger partial charge in [0.05, 0.1) is 12.6 Å². The third kappa shape index (κ3) is 4.02. The molecule has 1 aliphatic rings. The van der Waals surface area contributed by atoms with E-state index in [-0.39, 0.29) is 12.6 Å². The second-order valence-corrected chi connectivity index (χ2v) is 7.03. The number of nitrogens with zero attached hydrogens (tertiary/aromatic N) is 2. The van der Waals surface area contributed by atoms with Gasteiger partial charge in [0.15, 0.2) is 0 Å². The summed E-state index contributed by atoms with van der Waals surface area (Å²) in [6, 6.07) is 4.87. The molecular formula is C15H27N3OS. The largest absolute Gasteiger partial charge is 0.395 e. The topological polar surface area (TPSA) is 52.7 Å². The van der Waals surface area contributed by atoms with E-state index in [1.807, 2.05) is 11.3 Å². The average Bonchev–Trinajstić information content (AvgIpc) is 2.68. The van der Waals surface area contributed by atoms with Crippen LogP contribution in [0.25, 0.3) is 0 Å². The van der Waals surface area contributed by atoms with Crippen molar-refractivity contribution in [2.75, 3.05) is 39.3 Å². The van der Waals surface area contributed by atoms with Crippen molar-refractivity contribution in [1.82, 2.24) is 9.80 Å². The van der Waals surface area contributed by atoms with Crippen LogP contribution < -0.4 is 5.73 Å². The van der Waals surface area contributed by atoms with Crippen LogP contribution in [0.1, 0.15) is 29.1 Å². The van der Waals surface area contributed by atoms with Crippen LogP contribution in [0.15, 0.2) is 12.1 Å². The van der Waals surface area contributed by atoms with Gasteiger partial charge in [0.2, 0.25) is 0 Å². The first-order valence-corrected chi connectivity index (χ1v) is 8.32. The highest BCUT2D eigenvalue weighted by molar-refractivity contribution is 7.12. The third-order valence-corrected chi connectivity index (χ3v) is 5.05. The zero-order chi connectivity index (χ0) is 14.5. The molecule has 1 aromatic rings. The Hall–Kier alpha value is -0.460. The molecule has 1 aromatic heterocycles. The highest BCUT2D eigenvalue weighted by Gasteiger charge is 2.27. The Morgan fingerprint density at radius 2 is 2.10 bits per heavy atom. The summed E-state index contributed by atoms with van der Waals surface area (Å²) in [6.07, 6.45) is 1.15. The second-order valence-electron chi connectivity index (χ2n) is 5.71. The molecule has 0 aromatic carbocycles. The van der Waals surface area contributed by atoms with Crippen molar-refractivity contribution in [3.63, 3.8) is 0 Å². The highest BCUT2D eigenvalue weighted by atomic mass is 32.1. The van der Waals surface area contributed by atoms with Crippen molar-refractivity contribution >= 4 is 11.3 Å². The van der Waals surface area contributed by atoms with E-state index < -0.39 is 0 Å². The predicted octanol–water partition coefficient (Wildman–Crippen LogP) is 1.44. The minimum absolute atomic E-state index is 0.137. The van der Waals surface area contributed by atoms with E-state index in [1.54, 1.807) is 0 Å². The van der Waals surface area contributed by atoms with Gasteiger partial charge in [-0.25, -0.2) is 0 Å². The molecule has 2 heterocycles. The molecule has 20 heavy (non-hydrogen) atoms. The lowest BCUT2D eigenvalue weighted by Gasteiger charge is -2.32. The number of aryl methyl sites for hydroxylation is 1. The molecule has 0 spiro atoms. The van der Waals surface area contributed by atoms with Gasteiger partial charge >= 0.3 is 0 Å². The molecule has 0 aliphatic carbocycles. The molecule has 4 nitrogen and oxygen atoms in total. The fraction of sp³-hybridized carbons (Fsp3) is 0.733. The number of β-amino-alcohol motifs (C(OH)–C–C–N with tert-alkyl or cyclic N) is 1. The van der Waals surface area contributed by atoms with Gasteiger partial charge in [-0.15, -0.1) is 11.3 Å². The van der Waals surface area contributed by atoms with E-state index in [0.717, 1.165) is 39.1 Å². The molecule has 0 bridgehead atoms. The van der Waals surface area contributed by atoms with Crippen LogP contribution in [0.2, 0.25) is 0 Å². The number of aliphatic hydroxyl groups excluding tert-OH is 1. The van der Waals surface area contributed by atoms with Crippen LogP contribution in [-0.4, -0.2) is 60.3 Å². The SMILES string of the molecule is Cc1ccc(C(C(C)N)N2CCCN(CCO)CC2)s1. The molecule has 3 N–H and O–H groups in total. The van der Waals surface area contributed by atoms with E-state index in [1.165, 1.54) is 9.75 Å². The number of aliphatic hydroxyl groups is 1. The first-order chi connectivity index (χ1) is 9.61. The van der Waals surface area contributed by atoms with Crippen molar-refractivity contribution in [2.45, 2.75) is 32.4 Å². The van der Waals surface area contributed by atoms with E-state index in [0.29, 0.717) is 6.04 Å². The first-order valence-electron chi connectivity index (χ1n) is 7.51. The minimum atomic E-state index is 0.137. The van der Waals surface area contributed by atoms with E-state index >= 15 is 0 Å². The lowest BCUT2D eigenvalue weighted by molar-refractivity contribution is 0.171. The molecule has 2 atom stereocenters. The summed E-state index contributed by atoms with van der Waals surface area (Å²) >= 11 is 1.86. The maximum absolute atomic E-state index is 9.08. The van der Waals surface area contributed by atoms with Gasteiger partial charge in [-0.2, -0.15) is 0 Å². The van der Waals surface area contributed by atoms with Crippen LogP contribution in [0.4, 0.5) is 0 Å². The summed E-state index contributed by atoms with van der Waals surface area (Å²) in [7, 11) is 0. The smallest absolute Gasteiger partial charge is 0.0591 e. The van der Waals surface area contributed by atoms with E-state index in [9.17, 15) is 0 Å². The second kappa shape index (κ2) is 7.52. The average molecular weight is 297 g/mol. The quantitative estimate of drug-likeness (QED) is 0.863. The summed E-state index contributed by atoms with van der Waals surface area (Å²) in [5.74, 6) is 0. The molecule has 1 saturated heterocycles. The Bertz CT molecular complexity index is 408. The number of rotatable bonds is 5. The summed E-state index contributed by atoms with van der Waals surface area (Å²) in [5, 5.41) is 9.08. The Morgan fingerprint density at radius 3 is 2.70 bits per heavy atom. The number of hydrogen-bond donors (Lipinski definition) is 2. The minimum Gasteiger partial charge on any atom is -0.395 e. The van der Waals surface area contributed by atoms with Gasteiger partial charge in [0, 0.05) is 42.0 Å². The van der Waals surface area contributed by atoms with Crippen LogP contribution in [0, 0.1) is 6.92 Å². The Labute approximate surface area is 126 Å². The summed E-state index contributed by atoms with van der Waals surface area (Å²) in [4.78, 5) is 7.60. The van der Waals surface area contributed by atoms with Gasteiger partial charge < -0.3 is 10.8 Å². The van der Waals surface area contributed by atoms with E-state index in [2.05, 4.69) is 35.8 Å². The maximum Gasteiger partial charge on any atom is 0.0591 e. The summed E-state index contributed by atoms with van der Waals surface area (Å²) < 4.78 is 0. The van der Waals surface area contributed by atoms with E-state index in [4.69, 9.17) is 10.8 Å². The monoisotopic (exact) mass is 297 g/mol. The van der Waals surface area contributed by atoms with Crippen molar-refractivity contribution < 1.29 is 5.11 Å². The van der Waals surface area contributed by atoms with Crippen LogP contribution in [0.5, 0.6) is 0 Å². The van der Waals surface area contributed by atoms with Crippen molar-refractivity contribution in [1.29, 1.82) is 0 Å². The number of nitrogens with two attached hydrogens (primary N) is 1. The fourth-order valence-electron chi connectivity index (χ4n) is 3.02. The number of thiophene rings is 1. The van der Waals surface area contributed by atoms with Crippen molar-refractivity contribution in [3.05, 3.63) is 21.9 Å². The standard InChI is InChI=1S/C15H27N3OS/c1-12-4-5-14(20-12)15(13(2)16)18-7-3-6-17(8-9-18)10-11-19/h4-5,13,15,19H,3,6-11,16H2,1-2H3. The molecule has 2 unspecified atom stereocenters. The number of hydrogen-bond acceptors (Lipinski definition) is 5. The zero-order valence-electron chi connectivity index (χ0n) is 12.6. The zero-order valence-corrected chi connectivity index (χ0v) is 13.4. The van der Waals surface area contributed by atoms with Crippen LogP contribution >= 0.6 is 11.3 Å². The first kappa shape index (κ1) is 15.9. The van der Waals surface area contributed by atoms with Gasteiger partial charge in [0.25, 0.3) is 0 Å². The normalized spacial score (nSPS) is 21.6. The molecular weight excluding hydrogens is 270 g/mol. The lowest BCUT2D eigenvalue weighted by atomic mass is 10.1. The molecule has 5 heteroatoms. The molecule has 0 saturated carbocycles. The van der Waals surface area contributed by atoms with Gasteiger partial charge in [-0.05, 0) is 38.9 Å². The Morgan fingerprint density at radius 1 is 1.30 bits per heavy atom. The molecule has 1 aliphatic heterocycles. The molecule has 0 radical (unpaired) electrons. The van der Waals surface area contributed by atoms with Gasteiger partial charge in [-0.3, -0.25) is 9.80 Å². The van der Waals surface area contributed by atoms with Crippen molar-refractivity contribution in [3.8, 4) is 0 Å². The van der Waals surface area contributed by atoms with Crippen LogP contribution in [0.3, 0.4) is 0 Å². The van der Waals surface area contributed by atoms with Crippen molar-refractivity contribution in [2.24, 2.45) is 5.73 Å². The molecule has 1 fully saturated rings.